The first-order chi connectivity index (χ1) is 7.13. The maximum atomic E-state index is 13.6. The van der Waals surface area contributed by atoms with Crippen molar-refractivity contribution in [3.8, 4) is 0 Å². The molecule has 4 heteroatoms. The number of benzene rings is 1. The molecule has 0 aliphatic carbocycles. The topological polar surface area (TPSA) is 49.9 Å². The fourth-order valence-electron chi connectivity index (χ4n) is 1.46. The van der Waals surface area contributed by atoms with Gasteiger partial charge in [-0.3, -0.25) is 9.59 Å². The molecule has 0 aliphatic heterocycles. The molecular formula is C11H8FNO2. The van der Waals surface area contributed by atoms with Crippen molar-refractivity contribution in [2.45, 2.75) is 6.92 Å². The average molecular weight is 205 g/mol. The van der Waals surface area contributed by atoms with Crippen molar-refractivity contribution >= 4 is 17.2 Å². The van der Waals surface area contributed by atoms with Gasteiger partial charge >= 0.3 is 0 Å². The van der Waals surface area contributed by atoms with E-state index in [9.17, 15) is 14.0 Å². The second-order valence-electron chi connectivity index (χ2n) is 3.33. The van der Waals surface area contributed by atoms with Gasteiger partial charge in [0.2, 0.25) is 0 Å². The molecule has 0 aliphatic rings. The molecule has 0 fully saturated rings. The smallest absolute Gasteiger partial charge is 0.251 e. The van der Waals surface area contributed by atoms with E-state index in [0.29, 0.717) is 17.2 Å². The molecule has 76 valence electrons. The van der Waals surface area contributed by atoms with Crippen LogP contribution in [0.5, 0.6) is 0 Å². The van der Waals surface area contributed by atoms with Crippen LogP contribution >= 0.6 is 0 Å². The quantitative estimate of drug-likeness (QED) is 0.721. The van der Waals surface area contributed by atoms with E-state index < -0.39 is 5.82 Å². The third-order valence-electron chi connectivity index (χ3n) is 2.30. The molecule has 0 radical (unpaired) electrons. The predicted molar refractivity (Wildman–Crippen MR) is 54.7 cm³/mol. The van der Waals surface area contributed by atoms with Gasteiger partial charge in [-0.05, 0) is 19.1 Å². The molecule has 0 atom stereocenters. The number of aldehydes is 1. The molecule has 1 heterocycles. The summed E-state index contributed by atoms with van der Waals surface area (Å²) in [6, 6.07) is 4.58. The van der Waals surface area contributed by atoms with Crippen molar-refractivity contribution in [1.82, 2.24) is 4.98 Å². The Morgan fingerprint density at radius 3 is 2.80 bits per heavy atom. The third kappa shape index (κ3) is 1.44. The summed E-state index contributed by atoms with van der Waals surface area (Å²) < 4.78 is 13.6. The van der Waals surface area contributed by atoms with Crippen molar-refractivity contribution in [3.63, 3.8) is 0 Å². The van der Waals surface area contributed by atoms with Gasteiger partial charge in [0.15, 0.2) is 12.1 Å². The Hall–Kier alpha value is -1.97. The summed E-state index contributed by atoms with van der Waals surface area (Å²) in [6.45, 7) is 1.64. The average Bonchev–Trinajstić information content (AvgIpc) is 2.22. The lowest BCUT2D eigenvalue weighted by Crippen LogP contribution is -2.09. The number of nitrogens with one attached hydrogen (secondary N) is 1. The van der Waals surface area contributed by atoms with Gasteiger partial charge in [0.25, 0.3) is 5.56 Å². The minimum absolute atomic E-state index is 0.0537. The highest BCUT2D eigenvalue weighted by Gasteiger charge is 2.08. The number of aromatic amines is 1. The maximum Gasteiger partial charge on any atom is 0.251 e. The Morgan fingerprint density at radius 2 is 2.13 bits per heavy atom. The number of aryl methyl sites for hydroxylation is 1. The number of fused-ring (bicyclic) bond motifs is 1. The van der Waals surface area contributed by atoms with Crippen molar-refractivity contribution < 1.29 is 9.18 Å². The fourth-order valence-corrected chi connectivity index (χ4v) is 1.46. The standard InChI is InChI=1S/C11H8FNO2/c1-6-4-7-2-3-8(5-14)9(12)10(7)13-11(6)15/h2-5H,1H3,(H,13,15). The molecule has 0 saturated heterocycles. The highest BCUT2D eigenvalue weighted by Crippen LogP contribution is 2.17. The Bertz CT molecular complexity index is 601. The molecule has 0 bridgehead atoms. The highest BCUT2D eigenvalue weighted by molar-refractivity contribution is 5.87. The second kappa shape index (κ2) is 3.31. The molecule has 0 unspecified atom stereocenters. The van der Waals surface area contributed by atoms with Crippen molar-refractivity contribution in [2.75, 3.05) is 0 Å². The van der Waals surface area contributed by atoms with Crippen LogP contribution in [0.2, 0.25) is 0 Å². The number of rotatable bonds is 1. The van der Waals surface area contributed by atoms with Crippen LogP contribution in [0.3, 0.4) is 0 Å². The summed E-state index contributed by atoms with van der Waals surface area (Å²) in [5.74, 6) is -0.681. The first kappa shape index (κ1) is 9.58. The van der Waals surface area contributed by atoms with Gasteiger partial charge < -0.3 is 4.98 Å². The van der Waals surface area contributed by atoms with Crippen LogP contribution in [-0.4, -0.2) is 11.3 Å². The number of carbonyl (C=O) groups is 1. The lowest BCUT2D eigenvalue weighted by molar-refractivity contribution is 0.112. The van der Waals surface area contributed by atoms with E-state index in [0.717, 1.165) is 0 Å². The molecule has 0 amide bonds. The largest absolute Gasteiger partial charge is 0.319 e. The lowest BCUT2D eigenvalue weighted by Gasteiger charge is -2.02. The van der Waals surface area contributed by atoms with Gasteiger partial charge in [-0.2, -0.15) is 0 Å². The van der Waals surface area contributed by atoms with Gasteiger partial charge in [-0.25, -0.2) is 4.39 Å². The van der Waals surface area contributed by atoms with Crippen molar-refractivity contribution in [1.29, 1.82) is 0 Å². The first-order valence-corrected chi connectivity index (χ1v) is 4.41. The lowest BCUT2D eigenvalue weighted by atomic mass is 10.1. The monoisotopic (exact) mass is 205 g/mol. The Balaban J connectivity index is 2.93. The van der Waals surface area contributed by atoms with Crippen molar-refractivity contribution in [2.24, 2.45) is 0 Å². The summed E-state index contributed by atoms with van der Waals surface area (Å²) in [6.07, 6.45) is 0.424. The molecule has 15 heavy (non-hydrogen) atoms. The maximum absolute atomic E-state index is 13.6. The predicted octanol–water partition coefficient (Wildman–Crippen LogP) is 1.79. The van der Waals surface area contributed by atoms with Crippen LogP contribution in [-0.2, 0) is 0 Å². The normalized spacial score (nSPS) is 10.5. The van der Waals surface area contributed by atoms with E-state index >= 15 is 0 Å². The molecule has 0 spiro atoms. The van der Waals surface area contributed by atoms with Crippen LogP contribution in [0.15, 0.2) is 23.0 Å². The summed E-state index contributed by atoms with van der Waals surface area (Å²) in [5, 5.41) is 0.579. The van der Waals surface area contributed by atoms with E-state index in [4.69, 9.17) is 0 Å². The minimum Gasteiger partial charge on any atom is -0.319 e. The number of H-pyrrole nitrogens is 1. The summed E-state index contributed by atoms with van der Waals surface area (Å²) in [4.78, 5) is 24.2. The van der Waals surface area contributed by atoms with E-state index in [1.807, 2.05) is 0 Å². The number of carbonyl (C=O) groups excluding carboxylic acids is 1. The molecule has 1 aromatic carbocycles. The molecule has 2 rings (SSSR count). The van der Waals surface area contributed by atoms with Gasteiger partial charge in [-0.1, -0.05) is 6.07 Å². The zero-order valence-corrected chi connectivity index (χ0v) is 8.00. The molecule has 0 saturated carbocycles. The van der Waals surface area contributed by atoms with Crippen molar-refractivity contribution in [3.05, 3.63) is 45.5 Å². The Kier molecular flexibility index (Phi) is 2.11. The van der Waals surface area contributed by atoms with Crippen LogP contribution in [0.1, 0.15) is 15.9 Å². The van der Waals surface area contributed by atoms with Gasteiger partial charge in [0, 0.05) is 10.9 Å². The van der Waals surface area contributed by atoms with Crippen LogP contribution in [0.25, 0.3) is 10.9 Å². The summed E-state index contributed by atoms with van der Waals surface area (Å²) >= 11 is 0. The fraction of sp³-hybridized carbons (Fsp3) is 0.0909. The van der Waals surface area contributed by atoms with E-state index in [1.54, 1.807) is 19.1 Å². The van der Waals surface area contributed by atoms with Crippen LogP contribution in [0, 0.1) is 12.7 Å². The number of pyridine rings is 1. The SMILES string of the molecule is Cc1cc2ccc(C=O)c(F)c2[nH]c1=O. The zero-order valence-electron chi connectivity index (χ0n) is 8.00. The van der Waals surface area contributed by atoms with E-state index in [2.05, 4.69) is 4.98 Å². The van der Waals surface area contributed by atoms with Crippen LogP contribution in [0.4, 0.5) is 4.39 Å². The van der Waals surface area contributed by atoms with E-state index in [1.165, 1.54) is 6.07 Å². The van der Waals surface area contributed by atoms with Crippen LogP contribution < -0.4 is 5.56 Å². The van der Waals surface area contributed by atoms with Gasteiger partial charge in [0.1, 0.15) is 0 Å². The second-order valence-corrected chi connectivity index (χ2v) is 3.33. The van der Waals surface area contributed by atoms with Gasteiger partial charge in [-0.15, -0.1) is 0 Å². The molecular weight excluding hydrogens is 197 g/mol. The zero-order chi connectivity index (χ0) is 11.0. The number of aromatic nitrogens is 1. The molecule has 1 N–H and O–H groups in total. The van der Waals surface area contributed by atoms with E-state index in [-0.39, 0.29) is 16.6 Å². The number of hydrogen-bond donors (Lipinski definition) is 1. The number of hydrogen-bond acceptors (Lipinski definition) is 2. The Labute approximate surface area is 84.6 Å². The highest BCUT2D eigenvalue weighted by atomic mass is 19.1. The third-order valence-corrected chi connectivity index (χ3v) is 2.30. The number of halogens is 1. The summed E-state index contributed by atoms with van der Waals surface area (Å²) in [5.41, 5.74) is 0.197. The Morgan fingerprint density at radius 1 is 1.40 bits per heavy atom. The first-order valence-electron chi connectivity index (χ1n) is 4.41. The molecule has 2 aromatic rings. The minimum atomic E-state index is -0.681. The molecule has 3 nitrogen and oxygen atoms in total. The van der Waals surface area contributed by atoms with Gasteiger partial charge in [0.05, 0.1) is 11.1 Å². The summed E-state index contributed by atoms with van der Waals surface area (Å²) in [7, 11) is 0. The molecule has 1 aromatic heterocycles.